The number of nitrogens with zero attached hydrogens (tertiary/aromatic N) is 2. The molecular weight excluding hydrogens is 244 g/mol. The molecule has 1 aromatic carbocycles. The van der Waals surface area contributed by atoms with Gasteiger partial charge >= 0.3 is 12.0 Å². The molecular formula is C14H16N2O3. The molecule has 100 valence electrons. The van der Waals surface area contributed by atoms with Gasteiger partial charge < -0.3 is 14.9 Å². The van der Waals surface area contributed by atoms with Gasteiger partial charge in [0.2, 0.25) is 0 Å². The quantitative estimate of drug-likeness (QED) is 0.837. The second-order valence-corrected chi connectivity index (χ2v) is 4.54. The SMILES string of the molecule is CN1CCN(Cc2ccc(/C=C/C(=O)O)cc2)C1=O. The Kier molecular flexibility index (Phi) is 3.85. The first-order valence-electron chi connectivity index (χ1n) is 6.06. The second kappa shape index (κ2) is 5.56. The number of carbonyl (C=O) groups is 2. The Morgan fingerprint density at radius 1 is 1.32 bits per heavy atom. The molecule has 19 heavy (non-hydrogen) atoms. The van der Waals surface area contributed by atoms with E-state index < -0.39 is 5.97 Å². The maximum Gasteiger partial charge on any atom is 0.328 e. The van der Waals surface area contributed by atoms with Crippen LogP contribution < -0.4 is 0 Å². The molecule has 0 aliphatic carbocycles. The fourth-order valence-corrected chi connectivity index (χ4v) is 1.97. The van der Waals surface area contributed by atoms with Crippen LogP contribution in [0.2, 0.25) is 0 Å². The summed E-state index contributed by atoms with van der Waals surface area (Å²) in [6.45, 7) is 2.10. The third-order valence-corrected chi connectivity index (χ3v) is 3.07. The van der Waals surface area contributed by atoms with Crippen molar-refractivity contribution in [1.82, 2.24) is 9.80 Å². The highest BCUT2D eigenvalue weighted by molar-refractivity contribution is 5.85. The van der Waals surface area contributed by atoms with E-state index in [2.05, 4.69) is 0 Å². The van der Waals surface area contributed by atoms with Crippen LogP contribution in [0.1, 0.15) is 11.1 Å². The molecule has 0 unspecified atom stereocenters. The van der Waals surface area contributed by atoms with Crippen LogP contribution in [0.3, 0.4) is 0 Å². The number of hydrogen-bond acceptors (Lipinski definition) is 2. The summed E-state index contributed by atoms with van der Waals surface area (Å²) >= 11 is 0. The van der Waals surface area contributed by atoms with E-state index in [9.17, 15) is 9.59 Å². The van der Waals surface area contributed by atoms with Crippen LogP contribution in [0.5, 0.6) is 0 Å². The Bertz CT molecular complexity index is 508. The normalized spacial score (nSPS) is 15.5. The van der Waals surface area contributed by atoms with Gasteiger partial charge in [-0.2, -0.15) is 0 Å². The summed E-state index contributed by atoms with van der Waals surface area (Å²) < 4.78 is 0. The zero-order chi connectivity index (χ0) is 13.8. The van der Waals surface area contributed by atoms with E-state index in [1.807, 2.05) is 24.3 Å². The summed E-state index contributed by atoms with van der Waals surface area (Å²) in [7, 11) is 1.79. The fraction of sp³-hybridized carbons (Fsp3) is 0.286. The van der Waals surface area contributed by atoms with Crippen molar-refractivity contribution in [3.8, 4) is 0 Å². The van der Waals surface area contributed by atoms with Gasteiger partial charge in [0.15, 0.2) is 0 Å². The van der Waals surface area contributed by atoms with Crippen molar-refractivity contribution in [2.45, 2.75) is 6.54 Å². The number of benzene rings is 1. The molecule has 1 saturated heterocycles. The molecule has 0 bridgehead atoms. The van der Waals surface area contributed by atoms with Gasteiger partial charge in [-0.05, 0) is 17.2 Å². The zero-order valence-corrected chi connectivity index (χ0v) is 10.7. The second-order valence-electron chi connectivity index (χ2n) is 4.54. The lowest BCUT2D eigenvalue weighted by atomic mass is 10.1. The number of amides is 2. The molecule has 0 spiro atoms. The van der Waals surface area contributed by atoms with E-state index >= 15 is 0 Å². The molecule has 2 rings (SSSR count). The number of likely N-dealkylation sites (N-methyl/N-ethyl adjacent to an activating group) is 1. The Morgan fingerprint density at radius 2 is 2.00 bits per heavy atom. The van der Waals surface area contributed by atoms with Crippen molar-refractivity contribution in [2.24, 2.45) is 0 Å². The summed E-state index contributed by atoms with van der Waals surface area (Å²) in [6.07, 6.45) is 2.65. The third-order valence-electron chi connectivity index (χ3n) is 3.07. The number of rotatable bonds is 4. The summed E-state index contributed by atoms with van der Waals surface area (Å²) in [4.78, 5) is 25.6. The zero-order valence-electron chi connectivity index (χ0n) is 10.7. The van der Waals surface area contributed by atoms with E-state index in [0.29, 0.717) is 6.54 Å². The molecule has 5 heteroatoms. The van der Waals surface area contributed by atoms with Gasteiger partial charge in [0.05, 0.1) is 0 Å². The van der Waals surface area contributed by atoms with E-state index in [1.165, 1.54) is 0 Å². The third kappa shape index (κ3) is 3.34. The van der Waals surface area contributed by atoms with E-state index in [1.54, 1.807) is 22.9 Å². The minimum absolute atomic E-state index is 0.0508. The van der Waals surface area contributed by atoms with Crippen molar-refractivity contribution >= 4 is 18.1 Å². The highest BCUT2D eigenvalue weighted by atomic mass is 16.4. The number of carbonyl (C=O) groups excluding carboxylic acids is 1. The molecule has 0 aromatic heterocycles. The topological polar surface area (TPSA) is 60.9 Å². The number of aliphatic carboxylic acids is 1. The highest BCUT2D eigenvalue weighted by Crippen LogP contribution is 2.13. The number of hydrogen-bond donors (Lipinski definition) is 1. The molecule has 1 N–H and O–H groups in total. The van der Waals surface area contributed by atoms with Crippen LogP contribution in [0, 0.1) is 0 Å². The first kappa shape index (κ1) is 13.1. The van der Waals surface area contributed by atoms with Gasteiger partial charge in [-0.15, -0.1) is 0 Å². The summed E-state index contributed by atoms with van der Waals surface area (Å²) in [5, 5.41) is 8.54. The standard InChI is InChI=1S/C14H16N2O3/c1-15-8-9-16(14(15)19)10-12-4-2-11(3-5-12)6-7-13(17)18/h2-7H,8-10H2,1H3,(H,17,18)/b7-6+. The molecule has 5 nitrogen and oxygen atoms in total. The molecule has 0 saturated carbocycles. The van der Waals surface area contributed by atoms with Crippen LogP contribution in [0.25, 0.3) is 6.08 Å². The van der Waals surface area contributed by atoms with Crippen LogP contribution >= 0.6 is 0 Å². The summed E-state index contributed by atoms with van der Waals surface area (Å²) in [5.41, 5.74) is 1.87. The predicted octanol–water partition coefficient (Wildman–Crippen LogP) is 1.65. The lowest BCUT2D eigenvalue weighted by molar-refractivity contribution is -0.131. The largest absolute Gasteiger partial charge is 0.478 e. The van der Waals surface area contributed by atoms with Crippen molar-refractivity contribution in [2.75, 3.05) is 20.1 Å². The summed E-state index contributed by atoms with van der Waals surface area (Å²) in [6, 6.07) is 7.56. The van der Waals surface area contributed by atoms with Gasteiger partial charge in [-0.1, -0.05) is 24.3 Å². The van der Waals surface area contributed by atoms with Crippen LogP contribution in [-0.2, 0) is 11.3 Å². The minimum atomic E-state index is -0.963. The van der Waals surface area contributed by atoms with Gasteiger partial charge in [0, 0.05) is 32.8 Å². The first-order valence-corrected chi connectivity index (χ1v) is 6.06. The van der Waals surface area contributed by atoms with Crippen molar-refractivity contribution < 1.29 is 14.7 Å². The molecule has 1 fully saturated rings. The van der Waals surface area contributed by atoms with Gasteiger partial charge in [-0.25, -0.2) is 9.59 Å². The van der Waals surface area contributed by atoms with Gasteiger partial charge in [0.1, 0.15) is 0 Å². The van der Waals surface area contributed by atoms with Gasteiger partial charge in [0.25, 0.3) is 0 Å². The van der Waals surface area contributed by atoms with E-state index in [4.69, 9.17) is 5.11 Å². The Balaban J connectivity index is 1.99. The lowest BCUT2D eigenvalue weighted by Gasteiger charge is -2.15. The first-order chi connectivity index (χ1) is 9.06. The maximum atomic E-state index is 11.7. The monoisotopic (exact) mass is 260 g/mol. The molecule has 1 heterocycles. The lowest BCUT2D eigenvalue weighted by Crippen LogP contribution is -2.28. The number of carboxylic acid groups (broad SMARTS) is 1. The molecule has 1 aliphatic rings. The highest BCUT2D eigenvalue weighted by Gasteiger charge is 2.24. The van der Waals surface area contributed by atoms with Crippen LogP contribution in [0.4, 0.5) is 4.79 Å². The molecule has 2 amide bonds. The Hall–Kier alpha value is -2.30. The molecule has 0 atom stereocenters. The van der Waals surface area contributed by atoms with Gasteiger partial charge in [-0.3, -0.25) is 0 Å². The van der Waals surface area contributed by atoms with E-state index in [0.717, 1.165) is 30.3 Å². The molecule has 1 aromatic rings. The number of carboxylic acids is 1. The fourth-order valence-electron chi connectivity index (χ4n) is 1.97. The molecule has 0 radical (unpaired) electrons. The van der Waals surface area contributed by atoms with Crippen LogP contribution in [0.15, 0.2) is 30.3 Å². The molecule has 1 aliphatic heterocycles. The Labute approximate surface area is 111 Å². The predicted molar refractivity (Wildman–Crippen MR) is 71.5 cm³/mol. The minimum Gasteiger partial charge on any atom is -0.478 e. The van der Waals surface area contributed by atoms with Crippen molar-refractivity contribution in [3.63, 3.8) is 0 Å². The number of urea groups is 1. The summed E-state index contributed by atoms with van der Waals surface area (Å²) in [5.74, 6) is -0.963. The van der Waals surface area contributed by atoms with Crippen LogP contribution in [-0.4, -0.2) is 47.0 Å². The van der Waals surface area contributed by atoms with E-state index in [-0.39, 0.29) is 6.03 Å². The smallest absolute Gasteiger partial charge is 0.328 e. The maximum absolute atomic E-state index is 11.7. The Morgan fingerprint density at radius 3 is 2.53 bits per heavy atom. The average molecular weight is 260 g/mol. The van der Waals surface area contributed by atoms with Crippen molar-refractivity contribution in [3.05, 3.63) is 41.5 Å². The van der Waals surface area contributed by atoms with Crippen molar-refractivity contribution in [1.29, 1.82) is 0 Å². The average Bonchev–Trinajstić information content (AvgIpc) is 2.70.